The Hall–Kier alpha value is -4.18. The second-order valence-electron chi connectivity index (χ2n) is 9.00. The van der Waals surface area contributed by atoms with E-state index in [9.17, 15) is 4.79 Å². The molecule has 0 amide bonds. The van der Waals surface area contributed by atoms with Crippen LogP contribution in [-0.4, -0.2) is 57.0 Å². The second-order valence-corrected chi connectivity index (χ2v) is 9.00. The van der Waals surface area contributed by atoms with Crippen LogP contribution in [0.15, 0.2) is 42.1 Å². The van der Waals surface area contributed by atoms with Gasteiger partial charge in [-0.15, -0.1) is 0 Å². The van der Waals surface area contributed by atoms with Crippen LogP contribution in [0.2, 0.25) is 0 Å². The maximum Gasteiger partial charge on any atom is 0.334 e. The molecule has 2 heterocycles. The zero-order valence-electron chi connectivity index (χ0n) is 23.7. The Labute approximate surface area is 234 Å². The van der Waals surface area contributed by atoms with E-state index in [1.165, 1.54) is 0 Å². The number of carbonyl (C=O) groups is 1. The SMILES string of the molecule is CCCCn1c(-c2ccc(OC)cc2OCOC)cnc1C=C(Cc1cc2c(cc1OC)OCO2)C(=O)OCC. The van der Waals surface area contributed by atoms with Crippen LogP contribution < -0.4 is 23.7 Å². The number of hydrogen-bond acceptors (Lipinski definition) is 9. The fourth-order valence-electron chi connectivity index (χ4n) is 4.42. The molecular weight excluding hydrogens is 516 g/mol. The predicted octanol–water partition coefficient (Wildman–Crippen LogP) is 5.27. The highest BCUT2D eigenvalue weighted by molar-refractivity contribution is 5.94. The van der Waals surface area contributed by atoms with Gasteiger partial charge in [0, 0.05) is 48.9 Å². The molecule has 3 aromatic rings. The van der Waals surface area contributed by atoms with E-state index >= 15 is 0 Å². The van der Waals surface area contributed by atoms with E-state index in [-0.39, 0.29) is 26.6 Å². The van der Waals surface area contributed by atoms with Crippen LogP contribution in [0, 0.1) is 0 Å². The summed E-state index contributed by atoms with van der Waals surface area (Å²) in [6, 6.07) is 9.22. The first kappa shape index (κ1) is 28.8. The van der Waals surface area contributed by atoms with E-state index in [4.69, 9.17) is 38.1 Å². The van der Waals surface area contributed by atoms with Gasteiger partial charge in [-0.3, -0.25) is 0 Å². The highest BCUT2D eigenvalue weighted by atomic mass is 16.7. The average molecular weight is 553 g/mol. The number of aromatic nitrogens is 2. The summed E-state index contributed by atoms with van der Waals surface area (Å²) in [5, 5.41) is 0. The molecule has 0 radical (unpaired) electrons. The van der Waals surface area contributed by atoms with Crippen LogP contribution in [0.3, 0.4) is 0 Å². The molecule has 2 aromatic carbocycles. The molecule has 0 N–H and O–H groups in total. The molecule has 0 saturated carbocycles. The Morgan fingerprint density at radius 2 is 1.85 bits per heavy atom. The molecule has 0 unspecified atom stereocenters. The standard InChI is InChI=1S/C30H36N2O8/c1-6-8-11-32-24(23-10-9-22(35-4)15-26(23)38-18-34-3)17-31-29(32)14-21(30(33)37-7-2)12-20-13-27-28(40-19-39-27)16-25(20)36-5/h9-10,13-17H,6-8,11-12,18-19H2,1-5H3. The van der Waals surface area contributed by atoms with Crippen molar-refractivity contribution in [3.05, 3.63) is 53.5 Å². The average Bonchev–Trinajstić information content (AvgIpc) is 3.60. The van der Waals surface area contributed by atoms with Crippen molar-refractivity contribution >= 4 is 12.0 Å². The fraction of sp³-hybridized carbons (Fsp3) is 0.400. The molecule has 0 spiro atoms. The van der Waals surface area contributed by atoms with Crippen LogP contribution in [0.4, 0.5) is 0 Å². The zero-order chi connectivity index (χ0) is 28.5. The largest absolute Gasteiger partial charge is 0.497 e. The van der Waals surface area contributed by atoms with Crippen LogP contribution in [0.1, 0.15) is 38.1 Å². The second kappa shape index (κ2) is 13.7. The summed E-state index contributed by atoms with van der Waals surface area (Å²) >= 11 is 0. The third kappa shape index (κ3) is 6.51. The van der Waals surface area contributed by atoms with Crippen molar-refractivity contribution in [2.24, 2.45) is 0 Å². The Kier molecular flexibility index (Phi) is 9.91. The summed E-state index contributed by atoms with van der Waals surface area (Å²) in [7, 11) is 4.76. The monoisotopic (exact) mass is 552 g/mol. The third-order valence-corrected chi connectivity index (χ3v) is 6.42. The smallest absolute Gasteiger partial charge is 0.334 e. The van der Waals surface area contributed by atoms with Gasteiger partial charge in [0.05, 0.1) is 32.7 Å². The van der Waals surface area contributed by atoms with Gasteiger partial charge in [-0.2, -0.15) is 0 Å². The Bertz CT molecular complexity index is 1350. The number of carbonyl (C=O) groups excluding carboxylic acids is 1. The van der Waals surface area contributed by atoms with Gasteiger partial charge in [0.1, 0.15) is 23.1 Å². The van der Waals surface area contributed by atoms with E-state index in [1.54, 1.807) is 46.6 Å². The van der Waals surface area contributed by atoms with E-state index < -0.39 is 5.97 Å². The van der Waals surface area contributed by atoms with Gasteiger partial charge in [-0.05, 0) is 37.6 Å². The van der Waals surface area contributed by atoms with Crippen molar-refractivity contribution in [3.8, 4) is 40.0 Å². The Morgan fingerprint density at radius 1 is 1.05 bits per heavy atom. The maximum absolute atomic E-state index is 13.2. The summed E-state index contributed by atoms with van der Waals surface area (Å²) in [5.74, 6) is 3.26. The number of imidazole rings is 1. The number of unbranched alkanes of at least 4 members (excludes halogenated alkanes) is 1. The normalized spacial score (nSPS) is 12.4. The first-order chi connectivity index (χ1) is 19.5. The molecule has 0 fully saturated rings. The van der Waals surface area contributed by atoms with Gasteiger partial charge >= 0.3 is 5.97 Å². The number of hydrogen-bond donors (Lipinski definition) is 0. The lowest BCUT2D eigenvalue weighted by Gasteiger charge is -2.16. The van der Waals surface area contributed by atoms with E-state index in [2.05, 4.69) is 11.5 Å². The van der Waals surface area contributed by atoms with Gasteiger partial charge in [0.25, 0.3) is 0 Å². The minimum atomic E-state index is -0.428. The van der Waals surface area contributed by atoms with Crippen molar-refractivity contribution < 1.29 is 38.0 Å². The summed E-state index contributed by atoms with van der Waals surface area (Å²) < 4.78 is 40.6. The zero-order valence-corrected chi connectivity index (χ0v) is 23.7. The lowest BCUT2D eigenvalue weighted by atomic mass is 10.0. The summed E-state index contributed by atoms with van der Waals surface area (Å²) in [4.78, 5) is 17.9. The maximum atomic E-state index is 13.2. The number of rotatable bonds is 14. The molecule has 4 rings (SSSR count). The molecule has 1 aliphatic heterocycles. The molecule has 0 aliphatic carbocycles. The molecule has 1 aromatic heterocycles. The first-order valence-electron chi connectivity index (χ1n) is 13.2. The number of nitrogens with zero attached hydrogens (tertiary/aromatic N) is 2. The van der Waals surface area contributed by atoms with Crippen molar-refractivity contribution in [2.75, 3.05) is 41.5 Å². The molecule has 40 heavy (non-hydrogen) atoms. The predicted molar refractivity (Wildman–Crippen MR) is 149 cm³/mol. The molecule has 10 nitrogen and oxygen atoms in total. The molecule has 1 aliphatic rings. The van der Waals surface area contributed by atoms with E-state index in [0.29, 0.717) is 46.7 Å². The molecule has 10 heteroatoms. The number of esters is 1. The van der Waals surface area contributed by atoms with Gasteiger partial charge in [0.15, 0.2) is 18.3 Å². The topological polar surface area (TPSA) is 99.5 Å². The van der Waals surface area contributed by atoms with E-state index in [0.717, 1.165) is 29.7 Å². The number of ether oxygens (including phenoxy) is 7. The minimum absolute atomic E-state index is 0.0837. The van der Waals surface area contributed by atoms with Crippen LogP contribution in [0.5, 0.6) is 28.7 Å². The van der Waals surface area contributed by atoms with Crippen LogP contribution in [-0.2, 0) is 27.2 Å². The van der Waals surface area contributed by atoms with Gasteiger partial charge in [-0.1, -0.05) is 13.3 Å². The first-order valence-corrected chi connectivity index (χ1v) is 13.2. The van der Waals surface area contributed by atoms with Gasteiger partial charge < -0.3 is 37.7 Å². The van der Waals surface area contributed by atoms with Crippen molar-refractivity contribution in [1.29, 1.82) is 0 Å². The van der Waals surface area contributed by atoms with Gasteiger partial charge in [-0.25, -0.2) is 9.78 Å². The summed E-state index contributed by atoms with van der Waals surface area (Å²) in [5.41, 5.74) is 2.87. The lowest BCUT2D eigenvalue weighted by molar-refractivity contribution is -0.138. The highest BCUT2D eigenvalue weighted by Gasteiger charge is 2.22. The fourth-order valence-corrected chi connectivity index (χ4v) is 4.42. The summed E-state index contributed by atoms with van der Waals surface area (Å²) in [6.45, 7) is 5.07. The summed E-state index contributed by atoms with van der Waals surface area (Å²) in [6.07, 6.45) is 5.71. The minimum Gasteiger partial charge on any atom is -0.497 e. The van der Waals surface area contributed by atoms with Gasteiger partial charge in [0.2, 0.25) is 6.79 Å². The Balaban J connectivity index is 1.79. The quantitative estimate of drug-likeness (QED) is 0.150. The Morgan fingerprint density at radius 3 is 2.55 bits per heavy atom. The molecule has 0 saturated heterocycles. The number of benzene rings is 2. The molecule has 0 bridgehead atoms. The van der Waals surface area contributed by atoms with Crippen LogP contribution >= 0.6 is 0 Å². The third-order valence-electron chi connectivity index (χ3n) is 6.42. The van der Waals surface area contributed by atoms with Crippen molar-refractivity contribution in [1.82, 2.24) is 9.55 Å². The number of methoxy groups -OCH3 is 3. The van der Waals surface area contributed by atoms with Crippen molar-refractivity contribution in [2.45, 2.75) is 39.7 Å². The van der Waals surface area contributed by atoms with Crippen LogP contribution in [0.25, 0.3) is 17.3 Å². The molecular formula is C30H36N2O8. The number of fused-ring (bicyclic) bond motifs is 1. The highest BCUT2D eigenvalue weighted by Crippen LogP contribution is 2.39. The van der Waals surface area contributed by atoms with Crippen molar-refractivity contribution in [3.63, 3.8) is 0 Å². The molecule has 0 atom stereocenters. The van der Waals surface area contributed by atoms with E-state index in [1.807, 2.05) is 24.3 Å². The lowest BCUT2D eigenvalue weighted by Crippen LogP contribution is -2.12. The molecule has 214 valence electrons.